The third kappa shape index (κ3) is 14.6. The molecule has 0 N–H and O–H groups in total. The molecule has 1 heterocycles. The Morgan fingerprint density at radius 3 is 1.75 bits per heavy atom. The number of allylic oxidation sites excluding steroid dienone is 3. The highest BCUT2D eigenvalue weighted by molar-refractivity contribution is 7.22. The number of hydrogen-bond acceptors (Lipinski definition) is 15. The summed E-state index contributed by atoms with van der Waals surface area (Å²) in [6.45, 7) is 16.9. The first-order valence-electron chi connectivity index (χ1n) is 19.3. The summed E-state index contributed by atoms with van der Waals surface area (Å²) < 4.78 is 39.2. The van der Waals surface area contributed by atoms with Gasteiger partial charge in [0.15, 0.2) is 17.3 Å². The Kier molecular flexibility index (Phi) is 19.1. The van der Waals surface area contributed by atoms with Gasteiger partial charge >= 0.3 is 23.9 Å². The van der Waals surface area contributed by atoms with E-state index >= 15 is 0 Å². The number of aromatic nitrogens is 1. The van der Waals surface area contributed by atoms with E-state index in [0.29, 0.717) is 32.3 Å². The molecule has 4 aromatic carbocycles. The number of thiazole rings is 1. The first-order valence-corrected chi connectivity index (χ1v) is 20.1. The molecular weight excluding hydrogens is 841 g/mol. The highest BCUT2D eigenvalue weighted by atomic mass is 32.1. The van der Waals surface area contributed by atoms with Crippen molar-refractivity contribution in [2.75, 3.05) is 26.9 Å². The zero-order chi connectivity index (χ0) is 46.4. The van der Waals surface area contributed by atoms with E-state index < -0.39 is 36.1 Å². The number of carbonyl (C=O) groups excluding carboxylic acids is 5. The van der Waals surface area contributed by atoms with Crippen molar-refractivity contribution in [2.24, 2.45) is 0 Å². The molecule has 0 saturated carbocycles. The average molecular weight is 885 g/mol. The number of esters is 4. The maximum atomic E-state index is 13.4. The predicted molar refractivity (Wildman–Crippen MR) is 240 cm³/mol. The van der Waals surface area contributed by atoms with E-state index in [4.69, 9.17) is 38.1 Å². The normalized spacial score (nSPS) is 11.1. The van der Waals surface area contributed by atoms with E-state index in [-0.39, 0.29) is 66.6 Å². The highest BCUT2D eigenvalue weighted by Crippen LogP contribution is 2.41. The number of ether oxygens (including phenoxy) is 7. The maximum absolute atomic E-state index is 13.4. The van der Waals surface area contributed by atoms with Gasteiger partial charge in [-0.2, -0.15) is 5.26 Å². The van der Waals surface area contributed by atoms with Gasteiger partial charge in [-0.25, -0.2) is 24.2 Å². The molecule has 328 valence electrons. The van der Waals surface area contributed by atoms with Crippen LogP contribution in [0.1, 0.15) is 39.1 Å². The van der Waals surface area contributed by atoms with Gasteiger partial charge in [-0.1, -0.05) is 57.2 Å². The predicted octanol–water partition coefficient (Wildman–Crippen LogP) is 8.77. The van der Waals surface area contributed by atoms with E-state index in [1.165, 1.54) is 60.9 Å². The van der Waals surface area contributed by atoms with Gasteiger partial charge in [0, 0.05) is 31.2 Å². The average Bonchev–Trinajstić information content (AvgIpc) is 3.79. The van der Waals surface area contributed by atoms with Crippen LogP contribution in [0.4, 0.5) is 0 Å². The number of rotatable bonds is 22. The van der Waals surface area contributed by atoms with Gasteiger partial charge < -0.3 is 33.2 Å². The number of nitrogens with zero attached hydrogens (tertiary/aromatic N) is 2. The first-order chi connectivity index (χ1) is 30.9. The van der Waals surface area contributed by atoms with Gasteiger partial charge in [0.1, 0.15) is 58.8 Å². The number of benzene rings is 4. The zero-order valence-electron chi connectivity index (χ0n) is 34.9. The second-order valence-electron chi connectivity index (χ2n) is 13.0. The van der Waals surface area contributed by atoms with Gasteiger partial charge in [0.2, 0.25) is 0 Å². The Bertz CT molecular complexity index is 2510. The molecule has 0 amide bonds. The third-order valence-electron chi connectivity index (χ3n) is 8.66. The number of carbonyl (C=O) groups is 5. The van der Waals surface area contributed by atoms with Crippen molar-refractivity contribution in [3.63, 3.8) is 0 Å². The third-order valence-corrected chi connectivity index (χ3v) is 9.78. The molecule has 15 heteroatoms. The molecule has 5 rings (SSSR count). The summed E-state index contributed by atoms with van der Waals surface area (Å²) in [6.07, 6.45) is 5.59. The quantitative estimate of drug-likeness (QED) is 0.0278. The fourth-order valence-electron chi connectivity index (χ4n) is 5.22. The van der Waals surface area contributed by atoms with Crippen LogP contribution < -0.4 is 18.9 Å². The first kappa shape index (κ1) is 48.7. The minimum Gasteiger partial charge on any atom is -0.491 e. The Balaban J connectivity index is 0.00000215. The van der Waals surface area contributed by atoms with E-state index in [0.717, 1.165) is 12.2 Å². The Morgan fingerprint density at radius 2 is 1.23 bits per heavy atom. The van der Waals surface area contributed by atoms with E-state index in [1.807, 2.05) is 0 Å². The van der Waals surface area contributed by atoms with E-state index in [2.05, 4.69) is 39.0 Å². The van der Waals surface area contributed by atoms with Crippen molar-refractivity contribution in [3.8, 4) is 39.6 Å². The summed E-state index contributed by atoms with van der Waals surface area (Å²) in [5.74, 6) is -1.77. The van der Waals surface area contributed by atoms with Gasteiger partial charge in [-0.15, -0.1) is 11.3 Å². The summed E-state index contributed by atoms with van der Waals surface area (Å²) >= 11 is 1.20. The molecule has 0 saturated heterocycles. The molecule has 0 aliphatic heterocycles. The monoisotopic (exact) mass is 884 g/mol. The summed E-state index contributed by atoms with van der Waals surface area (Å²) in [5, 5.41) is 9.79. The molecule has 0 bridgehead atoms. The van der Waals surface area contributed by atoms with Crippen LogP contribution in [0.3, 0.4) is 0 Å². The van der Waals surface area contributed by atoms with Crippen molar-refractivity contribution >= 4 is 51.2 Å². The lowest BCUT2D eigenvalue weighted by Crippen LogP contribution is -2.27. The van der Waals surface area contributed by atoms with Crippen LogP contribution in [-0.4, -0.2) is 73.8 Å². The second-order valence-corrected chi connectivity index (χ2v) is 14.0. The van der Waals surface area contributed by atoms with Crippen LogP contribution in [-0.2, 0) is 28.6 Å². The second kappa shape index (κ2) is 25.1. The number of nitriles is 1. The highest BCUT2D eigenvalue weighted by Gasteiger charge is 2.22. The van der Waals surface area contributed by atoms with Gasteiger partial charge in [-0.3, -0.25) is 4.79 Å². The molecule has 64 heavy (non-hydrogen) atoms. The molecule has 0 aliphatic carbocycles. The van der Waals surface area contributed by atoms with Crippen LogP contribution >= 0.6 is 11.3 Å². The Labute approximate surface area is 373 Å². The van der Waals surface area contributed by atoms with Crippen molar-refractivity contribution in [2.45, 2.75) is 25.0 Å². The molecule has 2 unspecified atom stereocenters. The van der Waals surface area contributed by atoms with Crippen LogP contribution in [0.25, 0.3) is 20.8 Å². The number of hydrogen-bond donors (Lipinski definition) is 0. The zero-order valence-corrected chi connectivity index (χ0v) is 35.7. The molecule has 1 aromatic heterocycles. The van der Waals surface area contributed by atoms with Crippen molar-refractivity contribution in [3.05, 3.63) is 165 Å². The lowest BCUT2D eigenvalue weighted by Gasteiger charge is -2.17. The van der Waals surface area contributed by atoms with Crippen molar-refractivity contribution in [1.29, 1.82) is 5.26 Å². The van der Waals surface area contributed by atoms with Crippen LogP contribution in [0.5, 0.6) is 23.0 Å². The van der Waals surface area contributed by atoms with E-state index in [1.54, 1.807) is 60.7 Å². The van der Waals surface area contributed by atoms with Crippen molar-refractivity contribution in [1.82, 2.24) is 4.98 Å². The molecule has 2 atom stereocenters. The summed E-state index contributed by atoms with van der Waals surface area (Å²) in [6, 6.07) is 24.1. The topological polar surface area (TPSA) is 187 Å². The molecule has 5 aromatic rings. The smallest absolute Gasteiger partial charge is 0.343 e. The van der Waals surface area contributed by atoms with Crippen molar-refractivity contribution < 1.29 is 57.1 Å². The SMILES string of the molecule is C=CC(=O)CCC(COc1ccc(C(=O)Oc2ccc(OC(=O)c3ccc(OCC(COC(=O)C=C)OC)cc3)c3sc(-c4ccc(C#N)cc4)nc23)cc1)OC(=O)C=C.C=CC=C. The summed E-state index contributed by atoms with van der Waals surface area (Å²) in [5.41, 5.74) is 1.79. The minimum absolute atomic E-state index is 0.0335. The van der Waals surface area contributed by atoms with Gasteiger partial charge in [0.05, 0.1) is 22.8 Å². The lowest BCUT2D eigenvalue weighted by molar-refractivity contribution is -0.145. The summed E-state index contributed by atoms with van der Waals surface area (Å²) in [4.78, 5) is 66.4. The molecule has 0 spiro atoms. The van der Waals surface area contributed by atoms with Crippen LogP contribution in [0.2, 0.25) is 0 Å². The maximum Gasteiger partial charge on any atom is 0.343 e. The molecule has 0 fully saturated rings. The molecular formula is C49H44N2O12S. The van der Waals surface area contributed by atoms with Crippen LogP contribution in [0, 0.1) is 11.3 Å². The van der Waals surface area contributed by atoms with Gasteiger partial charge in [0.25, 0.3) is 0 Å². The van der Waals surface area contributed by atoms with Crippen LogP contribution in [0.15, 0.2) is 148 Å². The largest absolute Gasteiger partial charge is 0.491 e. The summed E-state index contributed by atoms with van der Waals surface area (Å²) in [7, 11) is 1.46. The molecule has 0 aliphatic rings. The number of methoxy groups -OCH3 is 1. The minimum atomic E-state index is -0.731. The standard InChI is InChI=1S/C45H38N2O12S.C4H6/c1-5-32(48)16-21-35(57-40(50)7-3)25-54-33-17-12-30(13-18-33)44(51)58-37-22-23-38(42-41(37)47-43(60-42)29-10-8-28(24-46)9-11-29)59-45(52)31-14-19-34(20-15-31)55-26-36(53-4)27-56-39(49)6-2;1-3-4-2/h5-15,17-20,22-23,35-36H,1-3,16,21,25-27H2,4H3;3-4H,1-2H2. The Morgan fingerprint density at radius 1 is 0.688 bits per heavy atom. The van der Waals surface area contributed by atoms with E-state index in [9.17, 15) is 29.2 Å². The Hall–Kier alpha value is -7.93. The number of ketones is 1. The molecule has 0 radical (unpaired) electrons. The fraction of sp³-hybridized carbons (Fsp3) is 0.163. The fourth-order valence-corrected chi connectivity index (χ4v) is 6.25. The lowest BCUT2D eigenvalue weighted by atomic mass is 10.1. The van der Waals surface area contributed by atoms with Gasteiger partial charge in [-0.05, 0) is 85.3 Å². The molecule has 14 nitrogen and oxygen atoms in total. The number of fused-ring (bicyclic) bond motifs is 1.